The zero-order valence-corrected chi connectivity index (χ0v) is 23.7. The van der Waals surface area contributed by atoms with E-state index in [4.69, 9.17) is 0 Å². The summed E-state index contributed by atoms with van der Waals surface area (Å²) in [6.45, 7) is 1.34. The fraction of sp³-hybridized carbons (Fsp3) is 0.895. The van der Waals surface area contributed by atoms with Crippen LogP contribution >= 0.6 is 67.8 Å². The quantitative estimate of drug-likeness (QED) is 0.180. The van der Waals surface area contributed by atoms with Crippen molar-refractivity contribution < 1.29 is 21.9 Å². The number of halogens is 4. The van der Waals surface area contributed by atoms with Crippen LogP contribution in [0.25, 0.3) is 0 Å². The Morgan fingerprint density at radius 2 is 0.917 bits per heavy atom. The lowest BCUT2D eigenvalue weighted by atomic mass is 10.0. The number of allylic oxidation sites excluding steroid dienone is 1. The van der Waals surface area contributed by atoms with Crippen molar-refractivity contribution in [2.75, 3.05) is 20.6 Å². The molecule has 0 fully saturated rings. The first kappa shape index (κ1) is 28.6. The van der Waals surface area contributed by atoms with E-state index in [-0.39, 0.29) is 17.0 Å². The molecule has 0 aliphatic rings. The van der Waals surface area contributed by atoms with Crippen molar-refractivity contribution >= 4 is 67.8 Å². The van der Waals surface area contributed by atoms with Crippen molar-refractivity contribution in [1.29, 1.82) is 0 Å². The summed E-state index contributed by atoms with van der Waals surface area (Å²) >= 11 is 7.35. The van der Waals surface area contributed by atoms with E-state index in [1.54, 1.807) is 8.48 Å². The van der Waals surface area contributed by atoms with Crippen LogP contribution in [-0.4, -0.2) is 20.6 Å². The SMILES string of the molecule is C[NH+](C)CCCCCCCCCCCCCCCC(I)=C(I)I.[Br-]. The average molecular weight is 740 g/mol. The van der Waals surface area contributed by atoms with Gasteiger partial charge in [-0.1, -0.05) is 64.2 Å². The summed E-state index contributed by atoms with van der Waals surface area (Å²) in [4.78, 5) is 1.59. The van der Waals surface area contributed by atoms with Crippen molar-refractivity contribution in [3.63, 3.8) is 0 Å². The van der Waals surface area contributed by atoms with Gasteiger partial charge in [0.2, 0.25) is 0 Å². The van der Waals surface area contributed by atoms with Gasteiger partial charge in [-0.2, -0.15) is 0 Å². The minimum absolute atomic E-state index is 0. The molecular formula is C19H37BrI3N. The maximum Gasteiger partial charge on any atom is 0.0766 e. The lowest BCUT2D eigenvalue weighted by Crippen LogP contribution is -3.05. The van der Waals surface area contributed by atoms with E-state index in [1.165, 1.54) is 98.0 Å². The summed E-state index contributed by atoms with van der Waals surface area (Å²) in [5.74, 6) is 0. The standard InChI is InChI=1S/C19H36I3N.BrH/c1-23(2)17-15-13-11-9-7-5-3-4-6-8-10-12-14-16-18(20)19(21)22;/h3-17H2,1-2H3;1H. The van der Waals surface area contributed by atoms with Crippen LogP contribution < -0.4 is 21.9 Å². The van der Waals surface area contributed by atoms with Gasteiger partial charge in [0.25, 0.3) is 0 Å². The van der Waals surface area contributed by atoms with E-state index in [0.717, 1.165) is 0 Å². The summed E-state index contributed by atoms with van der Waals surface area (Å²) in [6.07, 6.45) is 20.1. The molecule has 0 saturated carbocycles. The van der Waals surface area contributed by atoms with Crippen LogP contribution in [0.2, 0.25) is 0 Å². The van der Waals surface area contributed by atoms with Gasteiger partial charge in [-0.25, -0.2) is 0 Å². The molecule has 0 radical (unpaired) electrons. The number of unbranched alkanes of at least 4 members (excludes halogenated alkanes) is 12. The zero-order chi connectivity index (χ0) is 17.3. The Balaban J connectivity index is 0. The molecule has 0 aromatic carbocycles. The van der Waals surface area contributed by atoms with E-state index in [1.807, 2.05) is 0 Å². The van der Waals surface area contributed by atoms with Gasteiger partial charge < -0.3 is 21.9 Å². The smallest absolute Gasteiger partial charge is 0.0766 e. The van der Waals surface area contributed by atoms with Crippen LogP contribution in [0.1, 0.15) is 89.9 Å². The first-order valence-corrected chi connectivity index (χ1v) is 12.8. The fourth-order valence-corrected chi connectivity index (χ4v) is 3.72. The van der Waals surface area contributed by atoms with E-state index >= 15 is 0 Å². The third-order valence-corrected chi connectivity index (χ3v) is 8.72. The minimum atomic E-state index is 0. The molecule has 0 rings (SSSR count). The second-order valence-corrected chi connectivity index (χ2v) is 12.5. The summed E-state index contributed by atoms with van der Waals surface area (Å²) in [5, 5.41) is 0. The molecule has 0 aromatic rings. The van der Waals surface area contributed by atoms with Crippen LogP contribution in [-0.2, 0) is 0 Å². The second-order valence-electron chi connectivity index (χ2n) is 6.97. The molecule has 24 heavy (non-hydrogen) atoms. The first-order chi connectivity index (χ1) is 11.0. The molecule has 0 heterocycles. The number of quaternary nitrogens is 1. The third-order valence-electron chi connectivity index (χ3n) is 4.28. The molecule has 0 unspecified atom stereocenters. The first-order valence-electron chi connectivity index (χ1n) is 9.52. The highest BCUT2D eigenvalue weighted by atomic mass is 127. The summed E-state index contributed by atoms with van der Waals surface area (Å²) < 4.78 is 2.99. The van der Waals surface area contributed by atoms with Crippen LogP contribution in [0.15, 0.2) is 5.17 Å². The van der Waals surface area contributed by atoms with E-state index in [0.29, 0.717) is 0 Å². The van der Waals surface area contributed by atoms with Gasteiger partial charge >= 0.3 is 0 Å². The largest absolute Gasteiger partial charge is 1.00 e. The number of hydrogen-bond acceptors (Lipinski definition) is 0. The molecule has 0 bridgehead atoms. The van der Waals surface area contributed by atoms with Gasteiger partial charge in [-0.15, -0.1) is 0 Å². The predicted molar refractivity (Wildman–Crippen MR) is 131 cm³/mol. The van der Waals surface area contributed by atoms with Crippen molar-refractivity contribution in [3.8, 4) is 0 Å². The third kappa shape index (κ3) is 22.4. The van der Waals surface area contributed by atoms with E-state index < -0.39 is 0 Å². The van der Waals surface area contributed by atoms with Gasteiger partial charge in [-0.05, 0) is 93.5 Å². The highest BCUT2D eigenvalue weighted by Gasteiger charge is 1.98. The molecule has 0 aromatic heterocycles. The van der Waals surface area contributed by atoms with Crippen molar-refractivity contribution in [2.24, 2.45) is 0 Å². The zero-order valence-electron chi connectivity index (χ0n) is 15.6. The summed E-state index contributed by atoms with van der Waals surface area (Å²) in [6, 6.07) is 0. The van der Waals surface area contributed by atoms with Crippen LogP contribution in [0.3, 0.4) is 0 Å². The van der Waals surface area contributed by atoms with Crippen molar-refractivity contribution in [3.05, 3.63) is 5.17 Å². The van der Waals surface area contributed by atoms with Crippen LogP contribution in [0, 0.1) is 0 Å². The minimum Gasteiger partial charge on any atom is -1.00 e. The van der Waals surface area contributed by atoms with Gasteiger partial charge in [0.1, 0.15) is 0 Å². The van der Waals surface area contributed by atoms with Gasteiger partial charge in [-0.3, -0.25) is 0 Å². The number of rotatable bonds is 16. The summed E-state index contributed by atoms with van der Waals surface area (Å²) in [5.41, 5.74) is 0. The monoisotopic (exact) mass is 739 g/mol. The second kappa shape index (κ2) is 21.7. The molecule has 146 valence electrons. The topological polar surface area (TPSA) is 4.44 Å². The lowest BCUT2D eigenvalue weighted by molar-refractivity contribution is -0.858. The van der Waals surface area contributed by atoms with E-state index in [2.05, 4.69) is 81.9 Å². The number of hydrogen-bond donors (Lipinski definition) is 1. The Morgan fingerprint density at radius 3 is 1.25 bits per heavy atom. The molecule has 1 nitrogen and oxygen atoms in total. The van der Waals surface area contributed by atoms with Gasteiger partial charge in [0.05, 0.1) is 22.2 Å². The lowest BCUT2D eigenvalue weighted by Gasteiger charge is -2.06. The van der Waals surface area contributed by atoms with Crippen LogP contribution in [0.5, 0.6) is 0 Å². The molecule has 0 atom stereocenters. The van der Waals surface area contributed by atoms with E-state index in [9.17, 15) is 0 Å². The molecule has 0 aliphatic carbocycles. The van der Waals surface area contributed by atoms with Crippen LogP contribution in [0.4, 0.5) is 0 Å². The summed E-state index contributed by atoms with van der Waals surface area (Å²) in [7, 11) is 4.51. The Morgan fingerprint density at radius 1 is 0.583 bits per heavy atom. The maximum atomic E-state index is 2.50. The highest BCUT2D eigenvalue weighted by Crippen LogP contribution is 2.29. The Kier molecular flexibility index (Phi) is 25.8. The average Bonchev–Trinajstić information content (AvgIpc) is 2.50. The molecule has 1 N–H and O–H groups in total. The van der Waals surface area contributed by atoms with Gasteiger partial charge in [0.15, 0.2) is 0 Å². The molecule has 0 spiro atoms. The normalized spacial score (nSPS) is 10.8. The number of nitrogens with one attached hydrogen (secondary N) is 1. The molecule has 0 saturated heterocycles. The highest BCUT2D eigenvalue weighted by molar-refractivity contribution is 14.2. The Bertz CT molecular complexity index is 292. The molecule has 0 aliphatic heterocycles. The molecular weight excluding hydrogens is 703 g/mol. The fourth-order valence-electron chi connectivity index (χ4n) is 2.80. The van der Waals surface area contributed by atoms with Gasteiger partial charge in [0, 0.05) is 3.58 Å². The Labute approximate surface area is 203 Å². The van der Waals surface area contributed by atoms with Crippen molar-refractivity contribution in [2.45, 2.75) is 89.9 Å². The Hall–Kier alpha value is 2.37. The molecule has 5 heteroatoms. The molecule has 0 amide bonds. The maximum absolute atomic E-state index is 2.50. The van der Waals surface area contributed by atoms with Crippen molar-refractivity contribution in [1.82, 2.24) is 0 Å². The predicted octanol–water partition coefficient (Wildman–Crippen LogP) is 4.07.